The predicted octanol–water partition coefficient (Wildman–Crippen LogP) is 1.35. The fourth-order valence-electron chi connectivity index (χ4n) is 3.06. The minimum atomic E-state index is -4.52. The molecule has 0 radical (unpaired) electrons. The highest BCUT2D eigenvalue weighted by Crippen LogP contribution is 2.32. The Labute approximate surface area is 178 Å². The van der Waals surface area contributed by atoms with Gasteiger partial charge < -0.3 is 25.4 Å². The van der Waals surface area contributed by atoms with Crippen LogP contribution >= 0.6 is 0 Å². The third kappa shape index (κ3) is 5.02. The van der Waals surface area contributed by atoms with Crippen LogP contribution in [-0.4, -0.2) is 61.7 Å². The molecule has 1 amide bonds. The minimum Gasteiger partial charge on any atom is -0.466 e. The Balaban J connectivity index is 2.06. The Bertz CT molecular complexity index is 1130. The number of anilines is 3. The first-order valence-corrected chi connectivity index (χ1v) is 10.6. The van der Waals surface area contributed by atoms with Crippen LogP contribution in [0, 0.1) is 0 Å². The van der Waals surface area contributed by atoms with E-state index in [0.29, 0.717) is 11.4 Å². The lowest BCUT2D eigenvalue weighted by Gasteiger charge is -2.17. The van der Waals surface area contributed by atoms with Gasteiger partial charge in [-0.1, -0.05) is 18.2 Å². The van der Waals surface area contributed by atoms with E-state index in [1.165, 1.54) is 24.1 Å². The van der Waals surface area contributed by atoms with Crippen LogP contribution in [-0.2, 0) is 24.4 Å². The van der Waals surface area contributed by atoms with Crippen molar-refractivity contribution in [3.8, 4) is 0 Å². The molecule has 2 aromatic carbocycles. The molecule has 11 heteroatoms. The maximum absolute atomic E-state index is 12.8. The molecule has 0 spiro atoms. The molecule has 31 heavy (non-hydrogen) atoms. The summed E-state index contributed by atoms with van der Waals surface area (Å²) in [5.74, 6) is -1.29. The number of nitrogens with one attached hydrogen (secondary N) is 2. The number of amides is 1. The number of esters is 1. The largest absolute Gasteiger partial charge is 0.466 e. The van der Waals surface area contributed by atoms with E-state index in [1.807, 2.05) is 6.07 Å². The lowest BCUT2D eigenvalue weighted by Crippen LogP contribution is -2.31. The molecule has 0 saturated heterocycles. The molecule has 0 fully saturated rings. The Morgan fingerprint density at radius 2 is 1.84 bits per heavy atom. The maximum Gasteiger partial charge on any atom is 0.337 e. The average molecular weight is 447 g/mol. The number of benzene rings is 2. The van der Waals surface area contributed by atoms with Crippen molar-refractivity contribution >= 4 is 39.1 Å². The zero-order valence-electron chi connectivity index (χ0n) is 16.5. The van der Waals surface area contributed by atoms with Crippen molar-refractivity contribution in [2.45, 2.75) is 4.90 Å². The molecule has 0 unspecified atom stereocenters. The number of carbonyl (C=O) groups excluding carboxylic acids is 2. The van der Waals surface area contributed by atoms with E-state index < -0.39 is 26.9 Å². The third-order valence-electron chi connectivity index (χ3n) is 4.55. The lowest BCUT2D eigenvalue weighted by molar-refractivity contribution is -0.136. The summed E-state index contributed by atoms with van der Waals surface area (Å²) in [6.07, 6.45) is 0. The number of hydrogen-bond donors (Lipinski definition) is 4. The van der Waals surface area contributed by atoms with Crippen LogP contribution in [0.4, 0.5) is 17.1 Å². The van der Waals surface area contributed by atoms with Crippen LogP contribution in [0.2, 0.25) is 0 Å². The van der Waals surface area contributed by atoms with E-state index in [4.69, 9.17) is 4.74 Å². The second kappa shape index (κ2) is 9.16. The third-order valence-corrected chi connectivity index (χ3v) is 5.40. The fraction of sp³-hybridized carbons (Fsp3) is 0.200. The standard InChI is InChI=1S/C20H21N3O7S/c1-30-20(26)15-12-23(9-10-24)19(25)18(15)22-17-11-14(31(27,28)29)7-8-16(17)21-13-5-3-2-4-6-13/h2-8,11,21-22,24H,9-10,12H2,1H3,(H,27,28,29). The summed E-state index contributed by atoms with van der Waals surface area (Å²) in [6, 6.07) is 12.8. The molecule has 1 heterocycles. The molecule has 0 atom stereocenters. The molecule has 2 aromatic rings. The van der Waals surface area contributed by atoms with Crippen molar-refractivity contribution in [2.24, 2.45) is 0 Å². The van der Waals surface area contributed by atoms with E-state index in [1.54, 1.807) is 24.3 Å². The van der Waals surface area contributed by atoms with Crippen molar-refractivity contribution in [1.29, 1.82) is 0 Å². The van der Waals surface area contributed by atoms with Crippen LogP contribution in [0.5, 0.6) is 0 Å². The van der Waals surface area contributed by atoms with Gasteiger partial charge in [0.15, 0.2) is 0 Å². The number of hydrogen-bond acceptors (Lipinski definition) is 8. The number of methoxy groups -OCH3 is 1. The summed E-state index contributed by atoms with van der Waals surface area (Å²) in [4.78, 5) is 25.8. The van der Waals surface area contributed by atoms with Crippen molar-refractivity contribution in [2.75, 3.05) is 37.4 Å². The summed E-state index contributed by atoms with van der Waals surface area (Å²) >= 11 is 0. The van der Waals surface area contributed by atoms with E-state index in [0.717, 1.165) is 6.07 Å². The van der Waals surface area contributed by atoms with Crippen molar-refractivity contribution < 1.29 is 32.4 Å². The van der Waals surface area contributed by atoms with Crippen molar-refractivity contribution in [3.05, 3.63) is 59.8 Å². The van der Waals surface area contributed by atoms with Gasteiger partial charge in [0.05, 0.1) is 42.1 Å². The average Bonchev–Trinajstić information content (AvgIpc) is 3.04. The first kappa shape index (κ1) is 22.3. The van der Waals surface area contributed by atoms with Gasteiger partial charge in [-0.3, -0.25) is 9.35 Å². The molecular formula is C20H21N3O7S. The highest BCUT2D eigenvalue weighted by Gasteiger charge is 2.35. The van der Waals surface area contributed by atoms with Crippen LogP contribution < -0.4 is 10.6 Å². The Hall–Kier alpha value is -3.41. The van der Waals surface area contributed by atoms with E-state index in [2.05, 4.69) is 10.6 Å². The number of aliphatic hydroxyl groups excluding tert-OH is 1. The van der Waals surface area contributed by atoms with Crippen LogP contribution in [0.3, 0.4) is 0 Å². The molecule has 1 aliphatic rings. The Kier molecular flexibility index (Phi) is 6.59. The highest BCUT2D eigenvalue weighted by molar-refractivity contribution is 7.85. The molecule has 0 aromatic heterocycles. The molecule has 3 rings (SSSR count). The maximum atomic E-state index is 12.8. The summed E-state index contributed by atoms with van der Waals surface area (Å²) < 4.78 is 37.4. The van der Waals surface area contributed by atoms with Crippen molar-refractivity contribution in [1.82, 2.24) is 4.90 Å². The molecule has 0 bridgehead atoms. The first-order chi connectivity index (χ1) is 14.7. The molecular weight excluding hydrogens is 426 g/mol. The van der Waals surface area contributed by atoms with Gasteiger partial charge in [-0.25, -0.2) is 4.79 Å². The number of para-hydroxylation sites is 1. The minimum absolute atomic E-state index is 0.00465. The lowest BCUT2D eigenvalue weighted by atomic mass is 10.2. The normalized spacial score (nSPS) is 14.0. The predicted molar refractivity (Wildman–Crippen MR) is 112 cm³/mol. The fourth-order valence-corrected chi connectivity index (χ4v) is 3.56. The van der Waals surface area contributed by atoms with E-state index in [-0.39, 0.29) is 36.7 Å². The summed E-state index contributed by atoms with van der Waals surface area (Å²) in [5.41, 5.74) is 1.14. The number of β-amino-alcohol motifs (C(OH)–C–C–N with tert-alkyl or cyclic N) is 1. The van der Waals surface area contributed by atoms with Crippen LogP contribution in [0.1, 0.15) is 0 Å². The van der Waals surface area contributed by atoms with Gasteiger partial charge in [-0.05, 0) is 30.3 Å². The second-order valence-corrected chi connectivity index (χ2v) is 8.02. The Morgan fingerprint density at radius 3 is 2.45 bits per heavy atom. The van der Waals surface area contributed by atoms with Gasteiger partial charge in [0, 0.05) is 12.2 Å². The zero-order chi connectivity index (χ0) is 22.6. The number of ether oxygens (including phenoxy) is 1. The molecule has 10 nitrogen and oxygen atoms in total. The second-order valence-electron chi connectivity index (χ2n) is 6.59. The molecule has 164 valence electrons. The van der Waals surface area contributed by atoms with Crippen LogP contribution in [0.15, 0.2) is 64.7 Å². The van der Waals surface area contributed by atoms with Gasteiger partial charge >= 0.3 is 5.97 Å². The monoisotopic (exact) mass is 447 g/mol. The number of carbonyl (C=O) groups is 2. The van der Waals surface area contributed by atoms with E-state index in [9.17, 15) is 27.7 Å². The first-order valence-electron chi connectivity index (χ1n) is 9.17. The van der Waals surface area contributed by atoms with Gasteiger partial charge in [-0.15, -0.1) is 0 Å². The van der Waals surface area contributed by atoms with Gasteiger partial charge in [-0.2, -0.15) is 8.42 Å². The summed E-state index contributed by atoms with van der Waals surface area (Å²) in [7, 11) is -3.35. The van der Waals surface area contributed by atoms with Crippen molar-refractivity contribution in [3.63, 3.8) is 0 Å². The highest BCUT2D eigenvalue weighted by atomic mass is 32.2. The summed E-state index contributed by atoms with van der Waals surface area (Å²) in [6.45, 7) is -0.370. The smallest absolute Gasteiger partial charge is 0.337 e. The van der Waals surface area contributed by atoms with Gasteiger partial charge in [0.25, 0.3) is 16.0 Å². The SMILES string of the molecule is COC(=O)C1=C(Nc2cc(S(=O)(=O)O)ccc2Nc2ccccc2)C(=O)N(CCO)C1. The number of aliphatic hydroxyl groups is 1. The molecule has 0 saturated carbocycles. The topological polar surface area (TPSA) is 145 Å². The quantitative estimate of drug-likeness (QED) is 0.348. The number of nitrogens with zero attached hydrogens (tertiary/aromatic N) is 1. The molecule has 1 aliphatic heterocycles. The van der Waals surface area contributed by atoms with Gasteiger partial charge in [0.1, 0.15) is 5.70 Å². The number of rotatable bonds is 8. The van der Waals surface area contributed by atoms with E-state index >= 15 is 0 Å². The Morgan fingerprint density at radius 1 is 1.13 bits per heavy atom. The summed E-state index contributed by atoms with van der Waals surface area (Å²) in [5, 5.41) is 15.1. The van der Waals surface area contributed by atoms with Gasteiger partial charge in [0.2, 0.25) is 0 Å². The molecule has 0 aliphatic carbocycles. The molecule has 4 N–H and O–H groups in total. The zero-order valence-corrected chi connectivity index (χ0v) is 17.3. The van der Waals surface area contributed by atoms with Crippen LogP contribution in [0.25, 0.3) is 0 Å².